The van der Waals surface area contributed by atoms with Gasteiger partial charge in [0.25, 0.3) is 6.50 Å². The quantitative estimate of drug-likeness (QED) is 0.871. The van der Waals surface area contributed by atoms with Crippen LogP contribution in [0.2, 0.25) is 0 Å². The zero-order chi connectivity index (χ0) is 24.2. The van der Waals surface area contributed by atoms with Crippen molar-refractivity contribution in [3.63, 3.8) is 0 Å². The van der Waals surface area contributed by atoms with Gasteiger partial charge in [-0.1, -0.05) is 6.92 Å². The van der Waals surface area contributed by atoms with Crippen molar-refractivity contribution < 1.29 is 17.1 Å². The minimum absolute atomic E-state index is 0.0277. The first kappa shape index (κ1) is 7.77. The van der Waals surface area contributed by atoms with Crippen LogP contribution in [0.4, 0.5) is 5.82 Å². The van der Waals surface area contributed by atoms with Gasteiger partial charge in [-0.3, -0.25) is 4.79 Å². The van der Waals surface area contributed by atoms with E-state index in [9.17, 15) is 4.79 Å². The number of aromatic nitrogens is 3. The molecule has 2 atom stereocenters. The Morgan fingerprint density at radius 3 is 3.43 bits per heavy atom. The third-order valence-corrected chi connectivity index (χ3v) is 3.74. The Bertz CT molecular complexity index is 1090. The molecule has 3 rings (SSSR count). The van der Waals surface area contributed by atoms with Crippen molar-refractivity contribution in [2.45, 2.75) is 19.4 Å². The van der Waals surface area contributed by atoms with Crippen molar-refractivity contribution in [2.75, 3.05) is 31.4 Å². The number of carbonyl (C=O) groups is 1. The predicted molar refractivity (Wildman–Crippen MR) is 87.9 cm³/mol. The maximum Gasteiger partial charge on any atom is 0.302 e. The lowest BCUT2D eigenvalue weighted by Gasteiger charge is -2.41. The smallest absolute Gasteiger partial charge is 0.302 e. The molecule has 0 saturated carbocycles. The lowest BCUT2D eigenvalue weighted by Crippen LogP contribution is -2.53. The van der Waals surface area contributed by atoms with Gasteiger partial charge in [0.15, 0.2) is 0 Å². The Kier molecular flexibility index (Phi) is 2.11. The van der Waals surface area contributed by atoms with Crippen molar-refractivity contribution in [2.24, 2.45) is 5.92 Å². The van der Waals surface area contributed by atoms with E-state index in [1.54, 1.807) is 6.92 Å². The second-order valence-corrected chi connectivity index (χ2v) is 5.19. The number of aromatic amines is 1. The fraction of sp³-hybridized carbons (Fsp3) is 0.500. The summed E-state index contributed by atoms with van der Waals surface area (Å²) in [4.78, 5) is 26.9. The van der Waals surface area contributed by atoms with E-state index < -0.39 is 44.1 Å². The minimum Gasteiger partial charge on any atom is -0.354 e. The third-order valence-electron chi connectivity index (χ3n) is 3.74. The van der Waals surface area contributed by atoms with Crippen LogP contribution in [0.15, 0.2) is 18.5 Å². The normalized spacial score (nSPS) is 30.3. The van der Waals surface area contributed by atoms with Crippen LogP contribution >= 0.6 is 0 Å². The zero-order valence-electron chi connectivity index (χ0n) is 21.3. The number of piperidine rings is 1. The molecule has 120 valence electrons. The molecule has 0 unspecified atom stereocenters. The maximum absolute atomic E-state index is 12.7. The average Bonchev–Trinajstić information content (AvgIpc) is 3.03. The highest BCUT2D eigenvalue weighted by molar-refractivity contribution is 5.87. The number of anilines is 1. The largest absolute Gasteiger partial charge is 0.354 e. The SMILES string of the molecule is [2H]c1nc(N([C@@H]2[C@H](C)CCN(C(=O)C([2H])([2H])[N+]#[C-])C2([2H])[2H])C([2H])([2H])[2H])c2c([2H])c[nH]c2n1. The maximum atomic E-state index is 12.7. The molecule has 2 aromatic heterocycles. The number of hydrogen-bond acceptors (Lipinski definition) is 4. The topological polar surface area (TPSA) is 69.5 Å². The summed E-state index contributed by atoms with van der Waals surface area (Å²) in [7, 11) is 0. The van der Waals surface area contributed by atoms with Gasteiger partial charge in [-0.05, 0) is 18.4 Å². The van der Waals surface area contributed by atoms with E-state index in [0.717, 1.165) is 0 Å². The second kappa shape index (κ2) is 6.24. The molecular weight excluding hydrogens is 292 g/mol. The van der Waals surface area contributed by atoms with Crippen molar-refractivity contribution in [1.29, 1.82) is 0 Å². The highest BCUT2D eigenvalue weighted by atomic mass is 16.2. The number of hydrogen-bond donors (Lipinski definition) is 1. The summed E-state index contributed by atoms with van der Waals surface area (Å²) >= 11 is 0. The number of carbonyl (C=O) groups excluding carboxylic acids is 1. The Morgan fingerprint density at radius 1 is 1.78 bits per heavy atom. The molecule has 7 heteroatoms. The van der Waals surface area contributed by atoms with Gasteiger partial charge in [0.1, 0.15) is 21.9 Å². The van der Waals surface area contributed by atoms with Gasteiger partial charge in [-0.15, -0.1) is 0 Å². The number of likely N-dealkylation sites (tertiary alicyclic amines) is 1. The van der Waals surface area contributed by atoms with Crippen LogP contribution in [-0.4, -0.2) is 58.3 Å². The average molecular weight is 321 g/mol. The molecule has 1 saturated heterocycles. The first-order chi connectivity index (χ1) is 14.6. The van der Waals surface area contributed by atoms with Crippen LogP contribution in [0.3, 0.4) is 0 Å². The Balaban J connectivity index is 2.24. The molecule has 23 heavy (non-hydrogen) atoms. The summed E-state index contributed by atoms with van der Waals surface area (Å²) in [6, 6.07) is -1.72. The zero-order valence-corrected chi connectivity index (χ0v) is 12.3. The van der Waals surface area contributed by atoms with Gasteiger partial charge in [-0.25, -0.2) is 16.5 Å². The molecule has 0 spiro atoms. The molecule has 3 heterocycles. The summed E-state index contributed by atoms with van der Waals surface area (Å²) < 4.78 is 72.8. The molecule has 1 N–H and O–H groups in total. The first-order valence-corrected chi connectivity index (χ1v) is 6.95. The summed E-state index contributed by atoms with van der Waals surface area (Å²) in [5, 5.41) is -0.0277. The number of amides is 1. The highest BCUT2D eigenvalue weighted by Gasteiger charge is 2.33. The van der Waals surface area contributed by atoms with E-state index in [1.807, 2.05) is 0 Å². The van der Waals surface area contributed by atoms with Crippen LogP contribution in [0.25, 0.3) is 15.9 Å². The van der Waals surface area contributed by atoms with E-state index in [2.05, 4.69) is 19.8 Å². The van der Waals surface area contributed by atoms with Crippen LogP contribution in [0.1, 0.15) is 25.7 Å². The summed E-state index contributed by atoms with van der Waals surface area (Å²) in [6.45, 7) is -0.448. The summed E-state index contributed by atoms with van der Waals surface area (Å²) in [6.07, 6.45) is 0.809. The molecule has 1 fully saturated rings. The van der Waals surface area contributed by atoms with Crippen molar-refractivity contribution in [1.82, 2.24) is 19.9 Å². The van der Waals surface area contributed by atoms with Crippen molar-refractivity contribution in [3.05, 3.63) is 30.0 Å². The Hall–Kier alpha value is -2.62. The Morgan fingerprint density at radius 2 is 2.65 bits per heavy atom. The molecular formula is C16H20N6O. The number of fused-ring (bicyclic) bond motifs is 1. The standard InChI is InChI=1S/C16H20N6O/c1-11-5-7-22(14(23)8-17-2)9-13(11)21(3)16-12-4-6-18-15(12)19-10-20-16/h4,6,10-11,13H,5,7-9H2,1,3H3,(H,18,19,20)/t11-,13+/m1/s1/i3D3,4D,8D2,9D2,10D. The van der Waals surface area contributed by atoms with E-state index in [1.165, 1.54) is 6.20 Å². The fourth-order valence-electron chi connectivity index (χ4n) is 2.48. The van der Waals surface area contributed by atoms with E-state index in [4.69, 9.17) is 18.9 Å². The van der Waals surface area contributed by atoms with Gasteiger partial charge in [0.2, 0.25) is 0 Å². The molecule has 1 aliphatic heterocycles. The van der Waals surface area contributed by atoms with Gasteiger partial charge in [0, 0.05) is 30.3 Å². The van der Waals surface area contributed by atoms with E-state index in [0.29, 0.717) is 9.80 Å². The van der Waals surface area contributed by atoms with Gasteiger partial charge in [-0.2, -0.15) is 0 Å². The van der Waals surface area contributed by atoms with Gasteiger partial charge < -0.3 is 19.6 Å². The highest BCUT2D eigenvalue weighted by Crippen LogP contribution is 2.28. The van der Waals surface area contributed by atoms with Crippen LogP contribution < -0.4 is 4.90 Å². The minimum atomic E-state index is -3.02. The Labute approximate surface area is 147 Å². The second-order valence-electron chi connectivity index (χ2n) is 5.19. The number of H-pyrrole nitrogens is 1. The summed E-state index contributed by atoms with van der Waals surface area (Å²) in [5.41, 5.74) is 0.0283. The molecule has 0 aromatic carbocycles. The summed E-state index contributed by atoms with van der Waals surface area (Å²) in [5.74, 6) is -2.42. The number of likely N-dealkylation sites (N-methyl/N-ethyl adjacent to an activating group) is 1. The number of nitrogens with zero attached hydrogens (tertiary/aromatic N) is 5. The van der Waals surface area contributed by atoms with Crippen molar-refractivity contribution in [3.8, 4) is 0 Å². The predicted octanol–water partition coefficient (Wildman–Crippen LogP) is 1.55. The molecule has 0 radical (unpaired) electrons. The van der Waals surface area contributed by atoms with Gasteiger partial charge in [0.05, 0.1) is 15.5 Å². The lowest BCUT2D eigenvalue weighted by atomic mass is 9.92. The van der Waals surface area contributed by atoms with Crippen LogP contribution in [-0.2, 0) is 4.79 Å². The van der Waals surface area contributed by atoms with E-state index in [-0.39, 0.29) is 35.9 Å². The van der Waals surface area contributed by atoms with Crippen LogP contribution in [0.5, 0.6) is 0 Å². The number of nitrogens with one attached hydrogen (secondary N) is 1. The lowest BCUT2D eigenvalue weighted by molar-refractivity contribution is -0.130. The number of rotatable bonds is 3. The van der Waals surface area contributed by atoms with E-state index >= 15 is 0 Å². The molecule has 0 aliphatic carbocycles. The molecule has 0 bridgehead atoms. The monoisotopic (exact) mass is 321 g/mol. The fourth-order valence-corrected chi connectivity index (χ4v) is 2.48. The van der Waals surface area contributed by atoms with Gasteiger partial charge >= 0.3 is 5.91 Å². The first-order valence-electron chi connectivity index (χ1n) is 11.4. The molecule has 1 amide bonds. The molecule has 2 aromatic rings. The molecule has 7 nitrogen and oxygen atoms in total. The van der Waals surface area contributed by atoms with Crippen molar-refractivity contribution >= 4 is 22.8 Å². The van der Waals surface area contributed by atoms with Crippen LogP contribution in [0, 0.1) is 12.5 Å². The molecule has 1 aliphatic rings. The third kappa shape index (κ3) is 2.84.